The first-order valence-electron chi connectivity index (χ1n) is 8.57. The Balaban J connectivity index is 1.32. The second kappa shape index (κ2) is 8.37. The molecule has 0 N–H and O–H groups in total. The molecule has 26 heavy (non-hydrogen) atoms. The Morgan fingerprint density at radius 1 is 1.35 bits per heavy atom. The number of thiophene rings is 1. The molecule has 1 amide bonds. The number of carbonyl (C=O) groups is 1. The van der Waals surface area contributed by atoms with Gasteiger partial charge in [0.05, 0.1) is 22.4 Å². The molecule has 0 saturated carbocycles. The Bertz CT molecular complexity index is 830. The van der Waals surface area contributed by atoms with Gasteiger partial charge in [-0.2, -0.15) is 0 Å². The Morgan fingerprint density at radius 2 is 2.31 bits per heavy atom. The highest BCUT2D eigenvalue weighted by Crippen LogP contribution is 2.32. The number of nitrogens with zero attached hydrogens (tertiary/aromatic N) is 3. The number of hydrogen-bond acceptors (Lipinski definition) is 7. The Labute approximate surface area is 164 Å². The lowest BCUT2D eigenvalue weighted by Gasteiger charge is -2.34. The van der Waals surface area contributed by atoms with Gasteiger partial charge < -0.3 is 9.42 Å². The fourth-order valence-corrected chi connectivity index (χ4v) is 5.37. The molecule has 8 heteroatoms. The first-order chi connectivity index (χ1) is 12.8. The first-order valence-corrected chi connectivity index (χ1v) is 11.5. The molecule has 1 unspecified atom stereocenters. The van der Waals surface area contributed by atoms with E-state index >= 15 is 0 Å². The molecule has 0 aromatic carbocycles. The van der Waals surface area contributed by atoms with Crippen molar-refractivity contribution >= 4 is 40.3 Å². The molecule has 4 heterocycles. The quantitative estimate of drug-likeness (QED) is 0.587. The van der Waals surface area contributed by atoms with Gasteiger partial charge in [0.1, 0.15) is 5.01 Å². The number of amides is 1. The molecule has 5 nitrogen and oxygen atoms in total. The van der Waals surface area contributed by atoms with E-state index in [4.69, 9.17) is 4.52 Å². The average Bonchev–Trinajstić information content (AvgIpc) is 3.42. The number of rotatable bonds is 6. The van der Waals surface area contributed by atoms with E-state index in [9.17, 15) is 4.79 Å². The summed E-state index contributed by atoms with van der Waals surface area (Å²) in [5.41, 5.74) is 0.876. The van der Waals surface area contributed by atoms with E-state index in [0.29, 0.717) is 11.5 Å². The van der Waals surface area contributed by atoms with E-state index in [0.717, 1.165) is 47.1 Å². The topological polar surface area (TPSA) is 59.2 Å². The van der Waals surface area contributed by atoms with Gasteiger partial charge in [-0.05, 0) is 30.7 Å². The molecule has 136 valence electrons. The van der Waals surface area contributed by atoms with Crippen molar-refractivity contribution in [3.8, 4) is 10.6 Å². The standard InChI is InChI=1S/C18H19N3O2S3/c22-17(21-7-2-1-4-14(21)18-19-6-9-26-18)12-24-11-13-10-15(23-20-13)16-5-3-8-25-16/h3,5-6,8-10,14H,1-2,4,7,11-12H2. The minimum atomic E-state index is 0.148. The summed E-state index contributed by atoms with van der Waals surface area (Å²) in [6.07, 6.45) is 5.07. The highest BCUT2D eigenvalue weighted by molar-refractivity contribution is 7.99. The van der Waals surface area contributed by atoms with Crippen molar-refractivity contribution in [2.45, 2.75) is 31.1 Å². The van der Waals surface area contributed by atoms with E-state index < -0.39 is 0 Å². The molecular formula is C18H19N3O2S3. The molecule has 1 aliphatic rings. The number of piperidine rings is 1. The van der Waals surface area contributed by atoms with Crippen LogP contribution in [0.3, 0.4) is 0 Å². The third kappa shape index (κ3) is 4.02. The second-order valence-electron chi connectivity index (χ2n) is 6.12. The summed E-state index contributed by atoms with van der Waals surface area (Å²) in [6.45, 7) is 0.829. The van der Waals surface area contributed by atoms with Crippen LogP contribution in [-0.4, -0.2) is 33.2 Å². The van der Waals surface area contributed by atoms with E-state index in [1.54, 1.807) is 34.4 Å². The van der Waals surface area contributed by atoms with Crippen molar-refractivity contribution in [1.29, 1.82) is 0 Å². The zero-order chi connectivity index (χ0) is 17.8. The maximum Gasteiger partial charge on any atom is 0.233 e. The molecule has 3 aromatic rings. The number of thiazole rings is 1. The van der Waals surface area contributed by atoms with Crippen LogP contribution < -0.4 is 0 Å². The van der Waals surface area contributed by atoms with Crippen LogP contribution in [0.1, 0.15) is 36.0 Å². The van der Waals surface area contributed by atoms with E-state index in [1.807, 2.05) is 40.1 Å². The van der Waals surface area contributed by atoms with Gasteiger partial charge in [0.15, 0.2) is 5.76 Å². The van der Waals surface area contributed by atoms with Crippen molar-refractivity contribution in [2.24, 2.45) is 0 Å². The van der Waals surface area contributed by atoms with Gasteiger partial charge >= 0.3 is 0 Å². The van der Waals surface area contributed by atoms with Crippen molar-refractivity contribution in [3.63, 3.8) is 0 Å². The van der Waals surface area contributed by atoms with E-state index in [-0.39, 0.29) is 11.9 Å². The Hall–Kier alpha value is -1.64. The lowest BCUT2D eigenvalue weighted by atomic mass is 10.0. The van der Waals surface area contributed by atoms with Crippen molar-refractivity contribution < 1.29 is 9.32 Å². The number of carbonyl (C=O) groups excluding carboxylic acids is 1. The largest absolute Gasteiger partial charge is 0.355 e. The third-order valence-corrected chi connectivity index (χ3v) is 7.07. The van der Waals surface area contributed by atoms with Gasteiger partial charge in [0.2, 0.25) is 5.91 Å². The molecule has 0 radical (unpaired) electrons. The Morgan fingerprint density at radius 3 is 3.12 bits per heavy atom. The normalized spacial score (nSPS) is 17.5. The highest BCUT2D eigenvalue weighted by Gasteiger charge is 2.29. The minimum Gasteiger partial charge on any atom is -0.355 e. The van der Waals surface area contributed by atoms with Gasteiger partial charge in [0.25, 0.3) is 0 Å². The number of aromatic nitrogens is 2. The van der Waals surface area contributed by atoms with Crippen LogP contribution >= 0.6 is 34.4 Å². The van der Waals surface area contributed by atoms with Gasteiger partial charge in [-0.1, -0.05) is 11.2 Å². The zero-order valence-electron chi connectivity index (χ0n) is 14.2. The maximum atomic E-state index is 12.7. The van der Waals surface area contributed by atoms with Gasteiger partial charge in [-0.3, -0.25) is 4.79 Å². The zero-order valence-corrected chi connectivity index (χ0v) is 16.6. The maximum absolute atomic E-state index is 12.7. The number of hydrogen-bond donors (Lipinski definition) is 0. The van der Waals surface area contributed by atoms with Gasteiger partial charge in [0, 0.05) is 29.9 Å². The third-order valence-electron chi connectivity index (χ3n) is 4.36. The molecule has 1 aliphatic heterocycles. The molecule has 3 aromatic heterocycles. The van der Waals surface area contributed by atoms with Crippen molar-refractivity contribution in [1.82, 2.24) is 15.0 Å². The molecular weight excluding hydrogens is 386 g/mol. The highest BCUT2D eigenvalue weighted by atomic mass is 32.2. The van der Waals surface area contributed by atoms with E-state index in [2.05, 4.69) is 10.1 Å². The number of thioether (sulfide) groups is 1. The summed E-state index contributed by atoms with van der Waals surface area (Å²) in [6, 6.07) is 6.12. The molecule has 0 bridgehead atoms. The van der Waals surface area contributed by atoms with Crippen molar-refractivity contribution in [3.05, 3.63) is 45.9 Å². The van der Waals surface area contributed by atoms with Crippen LogP contribution in [0.4, 0.5) is 0 Å². The van der Waals surface area contributed by atoms with Crippen LogP contribution in [-0.2, 0) is 10.5 Å². The molecule has 1 atom stereocenters. The molecule has 0 aliphatic carbocycles. The summed E-state index contributed by atoms with van der Waals surface area (Å²) >= 11 is 4.86. The Kier molecular flexibility index (Phi) is 5.72. The summed E-state index contributed by atoms with van der Waals surface area (Å²) in [5, 5.41) is 9.17. The van der Waals surface area contributed by atoms with Crippen LogP contribution in [0, 0.1) is 0 Å². The minimum absolute atomic E-state index is 0.148. The lowest BCUT2D eigenvalue weighted by molar-refractivity contribution is -0.132. The fraction of sp³-hybridized carbons (Fsp3) is 0.389. The van der Waals surface area contributed by atoms with Crippen LogP contribution in [0.5, 0.6) is 0 Å². The van der Waals surface area contributed by atoms with Crippen LogP contribution in [0.15, 0.2) is 39.7 Å². The van der Waals surface area contributed by atoms with Crippen LogP contribution in [0.25, 0.3) is 10.6 Å². The summed E-state index contributed by atoms with van der Waals surface area (Å²) in [7, 11) is 0. The monoisotopic (exact) mass is 405 g/mol. The number of likely N-dealkylation sites (tertiary alicyclic amines) is 1. The van der Waals surface area contributed by atoms with E-state index in [1.165, 1.54) is 0 Å². The van der Waals surface area contributed by atoms with Gasteiger partial charge in [-0.15, -0.1) is 34.4 Å². The lowest BCUT2D eigenvalue weighted by Crippen LogP contribution is -2.39. The average molecular weight is 406 g/mol. The molecule has 1 saturated heterocycles. The molecule has 1 fully saturated rings. The fourth-order valence-electron chi connectivity index (χ4n) is 3.13. The second-order valence-corrected chi connectivity index (χ2v) is 8.98. The first kappa shape index (κ1) is 17.8. The predicted molar refractivity (Wildman–Crippen MR) is 106 cm³/mol. The summed E-state index contributed by atoms with van der Waals surface area (Å²) in [5.74, 6) is 2.12. The molecule has 4 rings (SSSR count). The summed E-state index contributed by atoms with van der Waals surface area (Å²) in [4.78, 5) is 20.2. The van der Waals surface area contributed by atoms with Crippen molar-refractivity contribution in [2.75, 3.05) is 12.3 Å². The SMILES string of the molecule is O=C(CSCc1cc(-c2cccs2)on1)N1CCCCC1c1nccs1. The van der Waals surface area contributed by atoms with Crippen LogP contribution in [0.2, 0.25) is 0 Å². The smallest absolute Gasteiger partial charge is 0.233 e. The predicted octanol–water partition coefficient (Wildman–Crippen LogP) is 4.85. The van der Waals surface area contributed by atoms with Gasteiger partial charge in [-0.25, -0.2) is 4.98 Å². The summed E-state index contributed by atoms with van der Waals surface area (Å²) < 4.78 is 5.39. The molecule has 0 spiro atoms.